The van der Waals surface area contributed by atoms with E-state index in [0.29, 0.717) is 11.3 Å². The van der Waals surface area contributed by atoms with Gasteiger partial charge in [-0.05, 0) is 38.5 Å². The molecular weight excluding hydrogens is 370 g/mol. The summed E-state index contributed by atoms with van der Waals surface area (Å²) in [5.74, 6) is 0.351. The molecular formula is C21H21N5O3. The SMILES string of the molecule is CC(C)(C)n1nc(-c2ccc([N+](=O)[O-])c(OCc3ccccc3)c2)c(C#N)c1N. The van der Waals surface area contributed by atoms with Gasteiger partial charge in [-0.1, -0.05) is 30.3 Å². The quantitative estimate of drug-likeness (QED) is 0.513. The van der Waals surface area contributed by atoms with E-state index in [1.54, 1.807) is 10.7 Å². The molecule has 0 bridgehead atoms. The molecule has 29 heavy (non-hydrogen) atoms. The van der Waals surface area contributed by atoms with E-state index >= 15 is 0 Å². The summed E-state index contributed by atoms with van der Waals surface area (Å²) in [4.78, 5) is 10.9. The Kier molecular flexibility index (Phi) is 5.24. The smallest absolute Gasteiger partial charge is 0.310 e. The Morgan fingerprint density at radius 3 is 2.52 bits per heavy atom. The molecule has 3 aromatic rings. The Bertz CT molecular complexity index is 1090. The maximum absolute atomic E-state index is 11.4. The van der Waals surface area contributed by atoms with E-state index in [9.17, 15) is 15.4 Å². The van der Waals surface area contributed by atoms with Crippen molar-refractivity contribution in [1.82, 2.24) is 9.78 Å². The molecule has 0 saturated carbocycles. The second kappa shape index (κ2) is 7.64. The van der Waals surface area contributed by atoms with Crippen LogP contribution >= 0.6 is 0 Å². The van der Waals surface area contributed by atoms with Crippen LogP contribution in [0.25, 0.3) is 11.3 Å². The lowest BCUT2D eigenvalue weighted by atomic mass is 10.1. The molecule has 1 aromatic heterocycles. The first-order valence-electron chi connectivity index (χ1n) is 8.97. The molecule has 0 atom stereocenters. The van der Waals surface area contributed by atoms with Gasteiger partial charge in [0.1, 0.15) is 29.8 Å². The van der Waals surface area contributed by atoms with Crippen LogP contribution < -0.4 is 10.5 Å². The lowest BCUT2D eigenvalue weighted by Crippen LogP contribution is -2.24. The molecule has 0 spiro atoms. The molecule has 2 N–H and O–H groups in total. The van der Waals surface area contributed by atoms with Crippen molar-refractivity contribution in [3.8, 4) is 23.1 Å². The first kappa shape index (κ1) is 19.9. The maximum atomic E-state index is 11.4. The number of nitrogens with two attached hydrogens (primary N) is 1. The van der Waals surface area contributed by atoms with E-state index in [-0.39, 0.29) is 29.4 Å². The minimum atomic E-state index is -0.503. The first-order chi connectivity index (χ1) is 13.7. The number of ether oxygens (including phenoxy) is 1. The number of hydrogen-bond acceptors (Lipinski definition) is 6. The largest absolute Gasteiger partial charge is 0.482 e. The molecule has 148 valence electrons. The lowest BCUT2D eigenvalue weighted by molar-refractivity contribution is -0.385. The fourth-order valence-corrected chi connectivity index (χ4v) is 2.92. The predicted molar refractivity (Wildman–Crippen MR) is 109 cm³/mol. The van der Waals surface area contributed by atoms with Crippen molar-refractivity contribution in [3.05, 3.63) is 69.8 Å². The molecule has 0 saturated heterocycles. The molecule has 8 nitrogen and oxygen atoms in total. The van der Waals surface area contributed by atoms with E-state index in [2.05, 4.69) is 11.2 Å². The van der Waals surface area contributed by atoms with Gasteiger partial charge in [-0.25, -0.2) is 4.68 Å². The summed E-state index contributed by atoms with van der Waals surface area (Å²) in [6.45, 7) is 5.94. The van der Waals surface area contributed by atoms with Crippen molar-refractivity contribution < 1.29 is 9.66 Å². The van der Waals surface area contributed by atoms with Crippen LogP contribution in [0.3, 0.4) is 0 Å². The summed E-state index contributed by atoms with van der Waals surface area (Å²) in [5.41, 5.74) is 7.52. The summed E-state index contributed by atoms with van der Waals surface area (Å²) >= 11 is 0. The van der Waals surface area contributed by atoms with Crippen LogP contribution in [0.1, 0.15) is 31.9 Å². The van der Waals surface area contributed by atoms with Crippen LogP contribution in [0.2, 0.25) is 0 Å². The molecule has 0 aliphatic heterocycles. The van der Waals surface area contributed by atoms with Crippen LogP contribution in [-0.2, 0) is 12.1 Å². The summed E-state index contributed by atoms with van der Waals surface area (Å²) in [5, 5.41) is 25.5. The number of nitrogens with zero attached hydrogens (tertiary/aromatic N) is 4. The highest BCUT2D eigenvalue weighted by atomic mass is 16.6. The van der Waals surface area contributed by atoms with Crippen LogP contribution in [0.15, 0.2) is 48.5 Å². The van der Waals surface area contributed by atoms with Gasteiger partial charge in [0.05, 0.1) is 10.5 Å². The van der Waals surface area contributed by atoms with Crippen molar-refractivity contribution >= 4 is 11.5 Å². The normalized spacial score (nSPS) is 11.1. The van der Waals surface area contributed by atoms with E-state index in [1.807, 2.05) is 51.1 Å². The van der Waals surface area contributed by atoms with Gasteiger partial charge < -0.3 is 10.5 Å². The van der Waals surface area contributed by atoms with Crippen LogP contribution in [0.5, 0.6) is 5.75 Å². The summed E-state index contributed by atoms with van der Waals surface area (Å²) in [6, 6.07) is 15.9. The van der Waals surface area contributed by atoms with Crippen molar-refractivity contribution in [3.63, 3.8) is 0 Å². The molecule has 1 heterocycles. The van der Waals surface area contributed by atoms with Gasteiger partial charge in [0.2, 0.25) is 0 Å². The van der Waals surface area contributed by atoms with Crippen LogP contribution in [0.4, 0.5) is 11.5 Å². The Balaban J connectivity index is 2.05. The highest BCUT2D eigenvalue weighted by molar-refractivity contribution is 5.75. The summed E-state index contributed by atoms with van der Waals surface area (Å²) in [7, 11) is 0. The Morgan fingerprint density at radius 1 is 1.24 bits per heavy atom. The molecule has 3 rings (SSSR count). The van der Waals surface area contributed by atoms with Gasteiger partial charge >= 0.3 is 5.69 Å². The first-order valence-corrected chi connectivity index (χ1v) is 8.97. The average Bonchev–Trinajstić information content (AvgIpc) is 3.03. The zero-order chi connectivity index (χ0) is 21.2. The Labute approximate surface area is 168 Å². The second-order valence-corrected chi connectivity index (χ2v) is 7.52. The number of benzene rings is 2. The number of anilines is 1. The minimum absolute atomic E-state index is 0.101. The van der Waals surface area contributed by atoms with Gasteiger partial charge in [-0.3, -0.25) is 10.1 Å². The maximum Gasteiger partial charge on any atom is 0.310 e. The molecule has 0 fully saturated rings. The fraction of sp³-hybridized carbons (Fsp3) is 0.238. The zero-order valence-corrected chi connectivity index (χ0v) is 16.4. The molecule has 0 amide bonds. The van der Waals surface area contributed by atoms with E-state index < -0.39 is 10.5 Å². The van der Waals surface area contributed by atoms with Gasteiger partial charge in [-0.2, -0.15) is 10.4 Å². The van der Waals surface area contributed by atoms with Gasteiger partial charge in [0.15, 0.2) is 5.75 Å². The topological polar surface area (TPSA) is 120 Å². The number of hydrogen-bond donors (Lipinski definition) is 1. The number of nitro groups is 1. The van der Waals surface area contributed by atoms with Gasteiger partial charge in [0.25, 0.3) is 0 Å². The van der Waals surface area contributed by atoms with E-state index in [0.717, 1.165) is 5.56 Å². The number of nitro benzene ring substituents is 1. The van der Waals surface area contributed by atoms with Gasteiger partial charge in [-0.15, -0.1) is 0 Å². The number of nitriles is 1. The van der Waals surface area contributed by atoms with Crippen molar-refractivity contribution in [2.45, 2.75) is 32.9 Å². The third-order valence-corrected chi connectivity index (χ3v) is 4.34. The van der Waals surface area contributed by atoms with Gasteiger partial charge in [0, 0.05) is 11.6 Å². The number of aromatic nitrogens is 2. The summed E-state index contributed by atoms with van der Waals surface area (Å²) in [6.07, 6.45) is 0. The molecule has 2 aromatic carbocycles. The Morgan fingerprint density at radius 2 is 1.93 bits per heavy atom. The van der Waals surface area contributed by atoms with Crippen molar-refractivity contribution in [2.75, 3.05) is 5.73 Å². The van der Waals surface area contributed by atoms with Crippen molar-refractivity contribution in [2.24, 2.45) is 0 Å². The average molecular weight is 391 g/mol. The zero-order valence-electron chi connectivity index (χ0n) is 16.4. The molecule has 0 unspecified atom stereocenters. The van der Waals surface area contributed by atoms with E-state index in [4.69, 9.17) is 10.5 Å². The molecule has 0 radical (unpaired) electrons. The third-order valence-electron chi connectivity index (χ3n) is 4.34. The molecule has 0 aliphatic carbocycles. The third kappa shape index (κ3) is 4.04. The summed E-state index contributed by atoms with van der Waals surface area (Å²) < 4.78 is 7.31. The molecule has 0 aliphatic rings. The lowest BCUT2D eigenvalue weighted by Gasteiger charge is -2.20. The monoisotopic (exact) mass is 391 g/mol. The molecule has 8 heteroatoms. The van der Waals surface area contributed by atoms with Crippen molar-refractivity contribution in [1.29, 1.82) is 5.26 Å². The fourth-order valence-electron chi connectivity index (χ4n) is 2.92. The predicted octanol–water partition coefficient (Wildman–Crippen LogP) is 4.25. The number of rotatable bonds is 5. The standard InChI is InChI=1S/C21H21N5O3/c1-21(2,3)25-20(23)16(12-22)19(24-25)15-9-10-17(26(27)28)18(11-15)29-13-14-7-5-4-6-8-14/h4-11H,13,23H2,1-3H3. The van der Waals surface area contributed by atoms with E-state index in [1.165, 1.54) is 12.1 Å². The minimum Gasteiger partial charge on any atom is -0.482 e. The highest BCUT2D eigenvalue weighted by Gasteiger charge is 2.25. The van der Waals surface area contributed by atoms with Crippen LogP contribution in [-0.4, -0.2) is 14.7 Å². The highest BCUT2D eigenvalue weighted by Crippen LogP contribution is 2.36. The Hall–Kier alpha value is -3.86. The van der Waals surface area contributed by atoms with Crippen LogP contribution in [0, 0.1) is 21.4 Å². The second-order valence-electron chi connectivity index (χ2n) is 7.52. The number of nitrogen functional groups attached to an aromatic ring is 1.